The van der Waals surface area contributed by atoms with Crippen molar-refractivity contribution in [1.29, 1.82) is 0 Å². The van der Waals surface area contributed by atoms with Crippen LogP contribution in [0.2, 0.25) is 0 Å². The third kappa shape index (κ3) is 6.90. The number of aliphatic carboxylic acids is 2. The molecule has 1 saturated heterocycles. The minimum absolute atomic E-state index is 0.0959. The topological polar surface area (TPSA) is 180 Å². The minimum atomic E-state index is -1.82. The molecule has 184 valence electrons. The molecule has 3 N–H and O–H groups in total. The monoisotopic (exact) mass is 478 g/mol. The zero-order chi connectivity index (χ0) is 25.4. The second kappa shape index (κ2) is 11.6. The van der Waals surface area contributed by atoms with Crippen molar-refractivity contribution in [2.45, 2.75) is 0 Å². The molecule has 0 aliphatic carbocycles. The number of hydrogen-bond donors (Lipinski definition) is 3. The first kappa shape index (κ1) is 26.1. The summed E-state index contributed by atoms with van der Waals surface area (Å²) >= 11 is 0. The lowest BCUT2D eigenvalue weighted by atomic mass is 10.2. The molecular formula is C20H26N6O8. The maximum Gasteiger partial charge on any atom is 0.414 e. The van der Waals surface area contributed by atoms with Gasteiger partial charge in [-0.05, 0) is 12.1 Å². The van der Waals surface area contributed by atoms with Crippen LogP contribution in [0.15, 0.2) is 39.9 Å². The lowest BCUT2D eigenvalue weighted by Crippen LogP contribution is -2.47. The van der Waals surface area contributed by atoms with Crippen molar-refractivity contribution in [1.82, 2.24) is 14.0 Å². The second-order valence-electron chi connectivity index (χ2n) is 7.41. The number of rotatable bonds is 6. The highest BCUT2D eigenvalue weighted by atomic mass is 16.6. The van der Waals surface area contributed by atoms with Gasteiger partial charge in [0.15, 0.2) is 0 Å². The third-order valence-corrected chi connectivity index (χ3v) is 5.24. The van der Waals surface area contributed by atoms with E-state index in [0.717, 1.165) is 43.0 Å². The van der Waals surface area contributed by atoms with Crippen molar-refractivity contribution in [2.75, 3.05) is 49.5 Å². The van der Waals surface area contributed by atoms with Gasteiger partial charge in [0.25, 0.3) is 11.2 Å². The fraction of sp³-hybridized carbons (Fsp3) is 0.400. The van der Waals surface area contributed by atoms with E-state index in [-0.39, 0.29) is 16.9 Å². The number of nitrogens with one attached hydrogen (secondary N) is 1. The number of aromatic nitrogens is 2. The number of nitrogens with zero attached hydrogens (tertiary/aromatic N) is 5. The Morgan fingerprint density at radius 1 is 1.00 bits per heavy atom. The Balaban J connectivity index is 0.000000604. The molecule has 0 saturated carbocycles. The number of carboxylic acids is 2. The maximum atomic E-state index is 11.9. The fourth-order valence-corrected chi connectivity index (χ4v) is 3.26. The van der Waals surface area contributed by atoms with Gasteiger partial charge in [0.2, 0.25) is 0 Å². The van der Waals surface area contributed by atoms with Gasteiger partial charge in [-0.25, -0.2) is 14.4 Å². The summed E-state index contributed by atoms with van der Waals surface area (Å²) in [6.45, 7) is 4.82. The van der Waals surface area contributed by atoms with Crippen LogP contribution in [0, 0.1) is 10.1 Å². The number of non-ortho nitro benzene ring substituents is 1. The quantitative estimate of drug-likeness (QED) is 0.273. The second-order valence-corrected chi connectivity index (χ2v) is 7.41. The van der Waals surface area contributed by atoms with Crippen molar-refractivity contribution in [2.24, 2.45) is 14.1 Å². The fourth-order valence-electron chi connectivity index (χ4n) is 3.26. The molecule has 0 bridgehead atoms. The van der Waals surface area contributed by atoms with E-state index < -0.39 is 16.9 Å². The molecule has 1 aromatic carbocycles. The van der Waals surface area contributed by atoms with Crippen LogP contribution in [0.1, 0.15) is 0 Å². The van der Waals surface area contributed by atoms with E-state index in [1.807, 2.05) is 0 Å². The van der Waals surface area contributed by atoms with Gasteiger partial charge in [-0.15, -0.1) is 0 Å². The highest BCUT2D eigenvalue weighted by Gasteiger charge is 2.18. The van der Waals surface area contributed by atoms with Gasteiger partial charge in [0.1, 0.15) is 5.82 Å². The molecule has 0 amide bonds. The summed E-state index contributed by atoms with van der Waals surface area (Å²) in [7, 11) is 3.09. The maximum absolute atomic E-state index is 11.9. The Labute approximate surface area is 193 Å². The lowest BCUT2D eigenvalue weighted by molar-refractivity contribution is -0.384. The van der Waals surface area contributed by atoms with Crippen molar-refractivity contribution in [3.05, 3.63) is 61.3 Å². The van der Waals surface area contributed by atoms with E-state index >= 15 is 0 Å². The van der Waals surface area contributed by atoms with Crippen LogP contribution in [0.25, 0.3) is 0 Å². The van der Waals surface area contributed by atoms with Gasteiger partial charge in [0, 0.05) is 77.3 Å². The van der Waals surface area contributed by atoms with Crippen LogP contribution < -0.4 is 21.5 Å². The van der Waals surface area contributed by atoms with E-state index in [0.29, 0.717) is 12.4 Å². The van der Waals surface area contributed by atoms with Gasteiger partial charge in [-0.3, -0.25) is 28.9 Å². The van der Waals surface area contributed by atoms with Crippen LogP contribution in [-0.2, 0) is 23.7 Å². The van der Waals surface area contributed by atoms with Gasteiger partial charge in [-0.1, -0.05) is 0 Å². The zero-order valence-corrected chi connectivity index (χ0v) is 18.7. The summed E-state index contributed by atoms with van der Waals surface area (Å²) in [4.78, 5) is 56.8. The minimum Gasteiger partial charge on any atom is -0.473 e. The summed E-state index contributed by atoms with van der Waals surface area (Å²) < 4.78 is 2.50. The molecule has 0 radical (unpaired) electrons. The molecule has 0 unspecified atom stereocenters. The summed E-state index contributed by atoms with van der Waals surface area (Å²) in [6.07, 6.45) is 0. The van der Waals surface area contributed by atoms with Gasteiger partial charge in [0.05, 0.1) is 4.92 Å². The number of nitro benzene ring substituents is 1. The predicted molar refractivity (Wildman–Crippen MR) is 122 cm³/mol. The number of hydrogen-bond acceptors (Lipinski definition) is 9. The Morgan fingerprint density at radius 3 is 2.06 bits per heavy atom. The largest absolute Gasteiger partial charge is 0.473 e. The van der Waals surface area contributed by atoms with E-state index in [1.165, 1.54) is 29.8 Å². The van der Waals surface area contributed by atoms with Gasteiger partial charge in [-0.2, -0.15) is 0 Å². The molecule has 14 nitrogen and oxygen atoms in total. The molecule has 1 aliphatic heterocycles. The highest BCUT2D eigenvalue weighted by molar-refractivity contribution is 6.27. The first-order valence-corrected chi connectivity index (χ1v) is 10.2. The van der Waals surface area contributed by atoms with E-state index in [9.17, 15) is 19.7 Å². The summed E-state index contributed by atoms with van der Waals surface area (Å²) in [5, 5.41) is 28.7. The normalized spacial score (nSPS) is 13.5. The molecule has 1 fully saturated rings. The number of carboxylic acid groups (broad SMARTS) is 2. The number of benzene rings is 1. The molecule has 3 rings (SSSR count). The van der Waals surface area contributed by atoms with Crippen molar-refractivity contribution in [3.63, 3.8) is 0 Å². The zero-order valence-electron chi connectivity index (χ0n) is 18.7. The highest BCUT2D eigenvalue weighted by Crippen LogP contribution is 2.20. The number of nitro groups is 1. The summed E-state index contributed by atoms with van der Waals surface area (Å²) in [5.41, 5.74) is 0.395. The average molecular weight is 478 g/mol. The molecule has 0 spiro atoms. The SMILES string of the molecule is Cn1c(NCCN2CCN(c3ccc([N+](=O)[O-])cc3)CC2)cc(=O)n(C)c1=O.O=C(O)C(=O)O. The molecule has 0 atom stereocenters. The Kier molecular flexibility index (Phi) is 8.89. The number of piperazine rings is 1. The Morgan fingerprint density at radius 2 is 1.56 bits per heavy atom. The molecule has 34 heavy (non-hydrogen) atoms. The van der Waals surface area contributed by atoms with Crippen LogP contribution in [0.3, 0.4) is 0 Å². The molecule has 2 heterocycles. The molecule has 2 aromatic rings. The van der Waals surface area contributed by atoms with Gasteiger partial charge >= 0.3 is 17.6 Å². The smallest absolute Gasteiger partial charge is 0.414 e. The van der Waals surface area contributed by atoms with Crippen LogP contribution in [0.5, 0.6) is 0 Å². The molecule has 1 aliphatic rings. The first-order chi connectivity index (χ1) is 16.0. The van der Waals surface area contributed by atoms with E-state index in [2.05, 4.69) is 15.1 Å². The van der Waals surface area contributed by atoms with Crippen LogP contribution in [0.4, 0.5) is 17.2 Å². The lowest BCUT2D eigenvalue weighted by Gasteiger charge is -2.36. The van der Waals surface area contributed by atoms with Crippen molar-refractivity contribution < 1.29 is 24.7 Å². The molecule has 1 aromatic heterocycles. The standard InChI is InChI=1S/C18H24N6O4.C2H2O4/c1-20-16(13-17(25)21(2)18(20)26)19-7-8-22-9-11-23(12-10-22)14-3-5-15(6-4-14)24(27)28;3-1(4)2(5)6/h3-6,13,19H,7-12H2,1-2H3;(H,3,4)(H,5,6). The van der Waals surface area contributed by atoms with Crippen LogP contribution >= 0.6 is 0 Å². The molecular weight excluding hydrogens is 452 g/mol. The van der Waals surface area contributed by atoms with Crippen molar-refractivity contribution >= 4 is 29.1 Å². The van der Waals surface area contributed by atoms with Crippen LogP contribution in [-0.4, -0.2) is 80.4 Å². The Bertz CT molecular complexity index is 1140. The number of anilines is 2. The predicted octanol–water partition coefficient (Wildman–Crippen LogP) is -0.618. The summed E-state index contributed by atoms with van der Waals surface area (Å²) in [5.74, 6) is -3.14. The van der Waals surface area contributed by atoms with E-state index in [4.69, 9.17) is 19.8 Å². The van der Waals surface area contributed by atoms with E-state index in [1.54, 1.807) is 19.2 Å². The summed E-state index contributed by atoms with van der Waals surface area (Å²) in [6, 6.07) is 8.05. The Hall–Kier alpha value is -4.20. The molecule has 14 heteroatoms. The average Bonchev–Trinajstić information content (AvgIpc) is 2.81. The third-order valence-electron chi connectivity index (χ3n) is 5.24. The van der Waals surface area contributed by atoms with Gasteiger partial charge < -0.3 is 20.4 Å². The first-order valence-electron chi connectivity index (χ1n) is 10.2. The number of carbonyl (C=O) groups is 2. The van der Waals surface area contributed by atoms with Crippen molar-refractivity contribution in [3.8, 4) is 0 Å².